The molecule has 3 N–H and O–H groups in total. The number of pyridine rings is 1. The van der Waals surface area contributed by atoms with E-state index in [0.717, 1.165) is 5.69 Å². The number of benzene rings is 2. The lowest BCUT2D eigenvalue weighted by Gasteiger charge is -2.14. The highest BCUT2D eigenvalue weighted by molar-refractivity contribution is 5.79. The number of alkyl carbamates (subject to hydrolysis) is 1. The van der Waals surface area contributed by atoms with Crippen molar-refractivity contribution in [3.05, 3.63) is 83.2 Å². The molecule has 0 bridgehead atoms. The maximum Gasteiger partial charge on any atom is 0.407 e. The van der Waals surface area contributed by atoms with Crippen LogP contribution in [-0.2, 0) is 4.74 Å². The van der Waals surface area contributed by atoms with Crippen LogP contribution in [0.1, 0.15) is 28.4 Å². The smallest absolute Gasteiger partial charge is 0.407 e. The number of amides is 1. The average Bonchev–Trinajstić information content (AvgIpc) is 3.06. The fourth-order valence-electron chi connectivity index (χ4n) is 3.54. The number of hydrogen-bond acceptors (Lipinski definition) is 4. The summed E-state index contributed by atoms with van der Waals surface area (Å²) in [6.07, 6.45) is -0.484. The van der Waals surface area contributed by atoms with Gasteiger partial charge in [-0.05, 0) is 47.2 Å². The van der Waals surface area contributed by atoms with Crippen molar-refractivity contribution < 1.29 is 9.53 Å². The number of ether oxygens (including phenoxy) is 1. The monoisotopic (exact) mass is 383 g/mol. The van der Waals surface area contributed by atoms with Crippen LogP contribution in [0.3, 0.4) is 0 Å². The topological polar surface area (TPSA) is 77.2 Å². The van der Waals surface area contributed by atoms with Crippen LogP contribution in [0.4, 0.5) is 10.5 Å². The van der Waals surface area contributed by atoms with Gasteiger partial charge in [-0.15, -0.1) is 0 Å². The summed E-state index contributed by atoms with van der Waals surface area (Å²) in [6, 6.07) is 20.0. The number of aryl methyl sites for hydroxylation is 1. The Hall–Kier alpha value is -3.78. The Kier molecular flexibility index (Phi) is 5.17. The first-order chi connectivity index (χ1) is 14.1. The van der Waals surface area contributed by atoms with Gasteiger partial charge in [0.05, 0.1) is 17.9 Å². The van der Waals surface area contributed by atoms with E-state index < -0.39 is 6.09 Å². The van der Waals surface area contributed by atoms with Gasteiger partial charge in [-0.1, -0.05) is 54.5 Å². The third-order valence-corrected chi connectivity index (χ3v) is 5.01. The first-order valence-corrected chi connectivity index (χ1v) is 9.44. The minimum atomic E-state index is -0.484. The highest BCUT2D eigenvalue weighted by Gasteiger charge is 2.28. The first kappa shape index (κ1) is 18.6. The number of hydrogen-bond donors (Lipinski definition) is 2. The summed E-state index contributed by atoms with van der Waals surface area (Å²) in [5, 5.41) is 2.66. The van der Waals surface area contributed by atoms with Crippen molar-refractivity contribution in [1.82, 2.24) is 10.3 Å². The average molecular weight is 383 g/mol. The molecule has 0 unspecified atom stereocenters. The van der Waals surface area contributed by atoms with Gasteiger partial charge in [-0.25, -0.2) is 9.78 Å². The van der Waals surface area contributed by atoms with Crippen molar-refractivity contribution in [2.75, 3.05) is 18.9 Å². The van der Waals surface area contributed by atoms with Crippen LogP contribution in [0, 0.1) is 18.8 Å². The molecule has 29 heavy (non-hydrogen) atoms. The van der Waals surface area contributed by atoms with Crippen molar-refractivity contribution >= 4 is 11.8 Å². The second-order valence-electron chi connectivity index (χ2n) is 6.85. The maximum absolute atomic E-state index is 12.1. The van der Waals surface area contributed by atoms with Crippen LogP contribution < -0.4 is 11.1 Å². The lowest BCUT2D eigenvalue weighted by atomic mass is 9.98. The molecule has 0 radical (unpaired) electrons. The largest absolute Gasteiger partial charge is 0.449 e. The van der Waals surface area contributed by atoms with Gasteiger partial charge in [0.15, 0.2) is 0 Å². The SMILES string of the molecule is Cc1nc(C#CCNC(=O)OCC2c3ccccc3-c3ccccc32)ccc1N. The molecular formula is C24H21N3O2. The molecule has 5 heteroatoms. The summed E-state index contributed by atoms with van der Waals surface area (Å²) in [7, 11) is 0. The molecule has 4 rings (SSSR count). The van der Waals surface area contributed by atoms with E-state index in [2.05, 4.69) is 46.4 Å². The Morgan fingerprint density at radius 3 is 2.38 bits per heavy atom. The van der Waals surface area contributed by atoms with Crippen LogP contribution in [-0.4, -0.2) is 24.2 Å². The quantitative estimate of drug-likeness (QED) is 0.673. The fraction of sp³-hybridized carbons (Fsp3) is 0.167. The van der Waals surface area contributed by atoms with E-state index in [-0.39, 0.29) is 19.1 Å². The zero-order valence-corrected chi connectivity index (χ0v) is 16.1. The molecule has 1 heterocycles. The van der Waals surface area contributed by atoms with Crippen molar-refractivity contribution in [3.8, 4) is 23.0 Å². The van der Waals surface area contributed by atoms with Gasteiger partial charge in [0.1, 0.15) is 12.3 Å². The van der Waals surface area contributed by atoms with E-state index in [1.165, 1.54) is 22.3 Å². The van der Waals surface area contributed by atoms with Crippen molar-refractivity contribution in [3.63, 3.8) is 0 Å². The van der Waals surface area contributed by atoms with Crippen LogP contribution in [0.2, 0.25) is 0 Å². The molecule has 0 spiro atoms. The molecule has 1 aliphatic rings. The van der Waals surface area contributed by atoms with Gasteiger partial charge in [0, 0.05) is 5.92 Å². The molecule has 1 amide bonds. The van der Waals surface area contributed by atoms with Gasteiger partial charge in [0.25, 0.3) is 0 Å². The Balaban J connectivity index is 1.35. The molecule has 0 atom stereocenters. The lowest BCUT2D eigenvalue weighted by Crippen LogP contribution is -2.26. The number of carbonyl (C=O) groups is 1. The summed E-state index contributed by atoms with van der Waals surface area (Å²) in [4.78, 5) is 16.4. The number of fused-ring (bicyclic) bond motifs is 3. The van der Waals surface area contributed by atoms with E-state index in [9.17, 15) is 4.79 Å². The zero-order valence-electron chi connectivity index (χ0n) is 16.1. The predicted molar refractivity (Wildman–Crippen MR) is 113 cm³/mol. The van der Waals surface area contributed by atoms with Crippen LogP contribution >= 0.6 is 0 Å². The normalized spacial score (nSPS) is 11.8. The minimum absolute atomic E-state index is 0.0428. The Bertz CT molecular complexity index is 1080. The van der Waals surface area contributed by atoms with E-state index in [0.29, 0.717) is 11.4 Å². The van der Waals surface area contributed by atoms with Crippen molar-refractivity contribution in [2.24, 2.45) is 0 Å². The second kappa shape index (κ2) is 8.07. The molecule has 2 aromatic carbocycles. The number of nitrogens with two attached hydrogens (primary N) is 1. The van der Waals surface area contributed by atoms with E-state index >= 15 is 0 Å². The van der Waals surface area contributed by atoms with Crippen molar-refractivity contribution in [1.29, 1.82) is 0 Å². The molecule has 144 valence electrons. The Morgan fingerprint density at radius 2 is 1.72 bits per heavy atom. The number of aromatic nitrogens is 1. The highest BCUT2D eigenvalue weighted by Crippen LogP contribution is 2.44. The summed E-state index contributed by atoms with van der Waals surface area (Å²) >= 11 is 0. The van der Waals surface area contributed by atoms with Crippen LogP contribution in [0.15, 0.2) is 60.7 Å². The first-order valence-electron chi connectivity index (χ1n) is 9.44. The van der Waals surface area contributed by atoms with E-state index in [1.807, 2.05) is 31.2 Å². The lowest BCUT2D eigenvalue weighted by molar-refractivity contribution is 0.144. The number of anilines is 1. The summed E-state index contributed by atoms with van der Waals surface area (Å²) < 4.78 is 5.48. The van der Waals surface area contributed by atoms with Gasteiger partial charge < -0.3 is 15.8 Å². The predicted octanol–water partition coefficient (Wildman–Crippen LogP) is 3.86. The molecule has 0 fully saturated rings. The molecular weight excluding hydrogens is 362 g/mol. The Labute approximate surface area is 169 Å². The minimum Gasteiger partial charge on any atom is -0.449 e. The zero-order chi connectivity index (χ0) is 20.2. The van der Waals surface area contributed by atoms with Gasteiger partial charge in [0.2, 0.25) is 0 Å². The summed E-state index contributed by atoms with van der Waals surface area (Å²) in [6.45, 7) is 2.29. The standard InChI is InChI=1S/C24H21N3O2/c1-16-23(25)13-12-17(27-16)7-6-14-26-24(28)29-15-22-20-10-4-2-8-18(20)19-9-3-5-11-21(19)22/h2-5,8-13,22H,14-15,25H2,1H3,(H,26,28). The highest BCUT2D eigenvalue weighted by atomic mass is 16.5. The Morgan fingerprint density at radius 1 is 1.07 bits per heavy atom. The number of carbonyl (C=O) groups excluding carboxylic acids is 1. The number of rotatable bonds is 3. The summed E-state index contributed by atoms with van der Waals surface area (Å²) in [5.41, 5.74) is 12.5. The van der Waals surface area contributed by atoms with Crippen LogP contribution in [0.25, 0.3) is 11.1 Å². The fourth-order valence-corrected chi connectivity index (χ4v) is 3.54. The second-order valence-corrected chi connectivity index (χ2v) is 6.85. The van der Waals surface area contributed by atoms with Crippen molar-refractivity contribution in [2.45, 2.75) is 12.8 Å². The molecule has 1 aliphatic carbocycles. The van der Waals surface area contributed by atoms with E-state index in [4.69, 9.17) is 10.5 Å². The maximum atomic E-state index is 12.1. The number of nitrogen functional groups attached to an aromatic ring is 1. The third kappa shape index (κ3) is 3.92. The summed E-state index contributed by atoms with van der Waals surface area (Å²) in [5.74, 6) is 5.82. The van der Waals surface area contributed by atoms with Crippen LogP contribution in [0.5, 0.6) is 0 Å². The van der Waals surface area contributed by atoms with E-state index in [1.54, 1.807) is 12.1 Å². The molecule has 0 saturated heterocycles. The molecule has 3 aromatic rings. The number of nitrogens with one attached hydrogen (secondary N) is 1. The number of nitrogens with zero attached hydrogens (tertiary/aromatic N) is 1. The molecule has 0 saturated carbocycles. The molecule has 1 aromatic heterocycles. The van der Waals surface area contributed by atoms with Gasteiger partial charge in [-0.2, -0.15) is 0 Å². The van der Waals surface area contributed by atoms with Gasteiger partial charge in [-0.3, -0.25) is 0 Å². The molecule has 5 nitrogen and oxygen atoms in total. The molecule has 0 aliphatic heterocycles. The third-order valence-electron chi connectivity index (χ3n) is 5.01. The van der Waals surface area contributed by atoms with Gasteiger partial charge >= 0.3 is 6.09 Å².